The molecule has 2 aliphatic rings. The normalized spacial score (nSPS) is 18.7. The maximum absolute atomic E-state index is 14.1. The summed E-state index contributed by atoms with van der Waals surface area (Å²) in [6, 6.07) is 2.31. The molecule has 0 radical (unpaired) electrons. The summed E-state index contributed by atoms with van der Waals surface area (Å²) in [4.78, 5) is 50.6. The molecule has 1 aliphatic heterocycles. The van der Waals surface area contributed by atoms with Gasteiger partial charge < -0.3 is 24.1 Å². The first-order valence-corrected chi connectivity index (χ1v) is 18.0. The molecule has 302 valence electrons. The summed E-state index contributed by atoms with van der Waals surface area (Å²) < 4.78 is 85.9. The molecular formula is C36H47F5N8O6. The topological polar surface area (TPSA) is 148 Å². The Hall–Kier alpha value is -4.81. The number of nitrogens with one attached hydrogen (secondary N) is 1. The molecule has 1 saturated heterocycles. The molecular weight excluding hydrogens is 735 g/mol. The van der Waals surface area contributed by atoms with Gasteiger partial charge in [-0.1, -0.05) is 0 Å². The molecule has 3 aromatic heterocycles. The standard InChI is InChI=1S/C36H47F5N8O6/c1-34(2,3)54-32(51)47-15-13-46(14-16-47)18-22-7-9-24(10-8-22)49-19-25(28(45-49)29(37)38)43-30(50)26-20-53-31(44-26)23-11-12-42-27(17-23)48(21-36(39,40)41)33(52)55-35(4,5)6/h11-12,17,19-20,22,24,29H,7-10,13-16,18,21H2,1-6H3,(H,43,50). The molecule has 0 aromatic carbocycles. The van der Waals surface area contributed by atoms with Crippen LogP contribution in [0.2, 0.25) is 0 Å². The number of oxazole rings is 1. The molecule has 3 amide bonds. The van der Waals surface area contributed by atoms with Crippen LogP contribution in [0.3, 0.4) is 0 Å². The lowest BCUT2D eigenvalue weighted by atomic mass is 9.85. The Balaban J connectivity index is 1.19. The number of ether oxygens (including phenoxy) is 2. The highest BCUT2D eigenvalue weighted by atomic mass is 19.4. The number of rotatable bonds is 9. The van der Waals surface area contributed by atoms with Crippen LogP contribution in [0.1, 0.15) is 95.9 Å². The summed E-state index contributed by atoms with van der Waals surface area (Å²) >= 11 is 0. The van der Waals surface area contributed by atoms with E-state index in [1.165, 1.54) is 37.7 Å². The third-order valence-corrected chi connectivity index (χ3v) is 8.90. The molecule has 1 N–H and O–H groups in total. The Kier molecular flexibility index (Phi) is 12.4. The number of carbonyl (C=O) groups is 3. The molecule has 14 nitrogen and oxygen atoms in total. The predicted molar refractivity (Wildman–Crippen MR) is 190 cm³/mol. The van der Waals surface area contributed by atoms with Crippen LogP contribution in [-0.4, -0.2) is 104 Å². The van der Waals surface area contributed by atoms with Gasteiger partial charge in [0.05, 0.1) is 11.7 Å². The first-order chi connectivity index (χ1) is 25.6. The van der Waals surface area contributed by atoms with Crippen LogP contribution in [0.15, 0.2) is 35.2 Å². The van der Waals surface area contributed by atoms with E-state index in [2.05, 4.69) is 25.3 Å². The van der Waals surface area contributed by atoms with Crippen molar-refractivity contribution in [3.63, 3.8) is 0 Å². The van der Waals surface area contributed by atoms with Crippen LogP contribution in [0.5, 0.6) is 0 Å². The van der Waals surface area contributed by atoms with Gasteiger partial charge in [-0.05, 0) is 85.3 Å². The van der Waals surface area contributed by atoms with Gasteiger partial charge >= 0.3 is 18.4 Å². The molecule has 0 bridgehead atoms. The third kappa shape index (κ3) is 11.6. The lowest BCUT2D eigenvalue weighted by Gasteiger charge is -2.38. The van der Waals surface area contributed by atoms with Gasteiger partial charge in [-0.3, -0.25) is 19.3 Å². The third-order valence-electron chi connectivity index (χ3n) is 8.90. The smallest absolute Gasteiger partial charge is 0.416 e. The van der Waals surface area contributed by atoms with Gasteiger partial charge in [-0.15, -0.1) is 0 Å². The van der Waals surface area contributed by atoms with Crippen molar-refractivity contribution in [1.29, 1.82) is 0 Å². The number of halogens is 5. The zero-order chi connectivity index (χ0) is 40.3. The Bertz CT molecular complexity index is 1800. The van der Waals surface area contributed by atoms with E-state index in [-0.39, 0.29) is 35.0 Å². The first-order valence-electron chi connectivity index (χ1n) is 18.0. The maximum atomic E-state index is 14.1. The zero-order valence-electron chi connectivity index (χ0n) is 31.7. The molecule has 19 heteroatoms. The molecule has 1 saturated carbocycles. The summed E-state index contributed by atoms with van der Waals surface area (Å²) in [5, 5.41) is 6.57. The van der Waals surface area contributed by atoms with Crippen LogP contribution in [0.4, 0.5) is 43.0 Å². The highest BCUT2D eigenvalue weighted by molar-refractivity contribution is 6.03. The lowest BCUT2D eigenvalue weighted by Crippen LogP contribution is -2.51. The number of piperazine rings is 1. The number of hydrogen-bond donors (Lipinski definition) is 1. The number of amides is 3. The van der Waals surface area contributed by atoms with Crippen molar-refractivity contribution in [3.8, 4) is 11.5 Å². The predicted octanol–water partition coefficient (Wildman–Crippen LogP) is 7.71. The van der Waals surface area contributed by atoms with Crippen LogP contribution < -0.4 is 10.2 Å². The first kappa shape index (κ1) is 41.4. The molecule has 0 atom stereocenters. The van der Waals surface area contributed by atoms with Gasteiger partial charge in [-0.2, -0.15) is 18.3 Å². The van der Waals surface area contributed by atoms with Gasteiger partial charge in [0.2, 0.25) is 5.89 Å². The van der Waals surface area contributed by atoms with Crippen LogP contribution in [0, 0.1) is 5.92 Å². The van der Waals surface area contributed by atoms with Crippen molar-refractivity contribution in [2.45, 2.75) is 97.1 Å². The number of carbonyl (C=O) groups excluding carboxylic acids is 3. The summed E-state index contributed by atoms with van der Waals surface area (Å²) in [7, 11) is 0. The van der Waals surface area contributed by atoms with Crippen molar-refractivity contribution < 1.29 is 50.2 Å². The highest BCUT2D eigenvalue weighted by Gasteiger charge is 2.37. The summed E-state index contributed by atoms with van der Waals surface area (Å²) in [6.07, 6.45) is -2.76. The van der Waals surface area contributed by atoms with E-state index in [4.69, 9.17) is 13.9 Å². The van der Waals surface area contributed by atoms with Crippen molar-refractivity contribution >= 4 is 29.6 Å². The quantitative estimate of drug-likeness (QED) is 0.214. The van der Waals surface area contributed by atoms with E-state index in [1.54, 1.807) is 4.90 Å². The fourth-order valence-corrected chi connectivity index (χ4v) is 6.38. The average molecular weight is 783 g/mol. The van der Waals surface area contributed by atoms with Crippen molar-refractivity contribution in [2.75, 3.05) is 49.5 Å². The van der Waals surface area contributed by atoms with Gasteiger partial charge in [0.15, 0.2) is 11.4 Å². The van der Waals surface area contributed by atoms with Gasteiger partial charge in [0.25, 0.3) is 12.3 Å². The van der Waals surface area contributed by atoms with Gasteiger partial charge in [0.1, 0.15) is 29.8 Å². The number of pyridine rings is 1. The molecule has 1 aliphatic carbocycles. The van der Waals surface area contributed by atoms with E-state index in [0.717, 1.165) is 51.0 Å². The van der Waals surface area contributed by atoms with Crippen molar-refractivity contribution in [2.24, 2.45) is 5.92 Å². The summed E-state index contributed by atoms with van der Waals surface area (Å²) in [5.41, 5.74) is -2.65. The number of nitrogens with zero attached hydrogens (tertiary/aromatic N) is 7. The molecule has 3 aromatic rings. The van der Waals surface area contributed by atoms with E-state index in [0.29, 0.717) is 36.7 Å². The number of alkyl halides is 5. The molecule has 0 spiro atoms. The maximum Gasteiger partial charge on any atom is 0.416 e. The second kappa shape index (κ2) is 16.5. The fraction of sp³-hybridized carbons (Fsp3) is 0.611. The van der Waals surface area contributed by atoms with E-state index in [1.807, 2.05) is 20.8 Å². The van der Waals surface area contributed by atoms with Gasteiger partial charge in [0, 0.05) is 50.7 Å². The molecule has 5 rings (SSSR count). The molecule has 0 unspecified atom stereocenters. The summed E-state index contributed by atoms with van der Waals surface area (Å²) in [5.74, 6) is -1.09. The fourth-order valence-electron chi connectivity index (χ4n) is 6.38. The van der Waals surface area contributed by atoms with E-state index >= 15 is 0 Å². The number of hydrogen-bond acceptors (Lipinski definition) is 10. The lowest BCUT2D eigenvalue weighted by molar-refractivity contribution is -0.119. The minimum atomic E-state index is -4.78. The second-order valence-electron chi connectivity index (χ2n) is 15.7. The molecule has 2 fully saturated rings. The highest BCUT2D eigenvalue weighted by Crippen LogP contribution is 2.36. The van der Waals surface area contributed by atoms with E-state index in [9.17, 15) is 36.3 Å². The van der Waals surface area contributed by atoms with Crippen LogP contribution in [0.25, 0.3) is 11.5 Å². The Labute approximate surface area is 315 Å². The Morgan fingerprint density at radius 2 is 1.64 bits per heavy atom. The van der Waals surface area contributed by atoms with Crippen LogP contribution >= 0.6 is 0 Å². The van der Waals surface area contributed by atoms with Gasteiger partial charge in [-0.25, -0.2) is 28.3 Å². The van der Waals surface area contributed by atoms with Crippen molar-refractivity contribution in [1.82, 2.24) is 29.5 Å². The second-order valence-corrected chi connectivity index (χ2v) is 15.7. The Morgan fingerprint density at radius 3 is 2.24 bits per heavy atom. The zero-order valence-corrected chi connectivity index (χ0v) is 31.7. The largest absolute Gasteiger partial charge is 0.444 e. The monoisotopic (exact) mass is 782 g/mol. The molecule has 4 heterocycles. The SMILES string of the molecule is CC(C)(C)OC(=O)N1CCN(CC2CCC(n3cc(NC(=O)c4coc(-c5ccnc(N(CC(F)(F)F)C(=O)OC(C)(C)C)c5)n4)c(C(F)F)n3)CC2)CC1. The van der Waals surface area contributed by atoms with Crippen molar-refractivity contribution in [3.05, 3.63) is 42.2 Å². The van der Waals surface area contributed by atoms with E-state index < -0.39 is 53.9 Å². The average Bonchev–Trinajstić information content (AvgIpc) is 3.75. The molecule has 55 heavy (non-hydrogen) atoms. The number of anilines is 2. The summed E-state index contributed by atoms with van der Waals surface area (Å²) in [6.45, 7) is 11.9. The minimum Gasteiger partial charge on any atom is -0.444 e. The minimum absolute atomic E-state index is 0.0829. The van der Waals surface area contributed by atoms with Crippen LogP contribution in [-0.2, 0) is 9.47 Å². The number of aromatic nitrogens is 4. The Morgan fingerprint density at radius 1 is 0.982 bits per heavy atom.